The summed E-state index contributed by atoms with van der Waals surface area (Å²) in [6.07, 6.45) is 4.74. The quantitative estimate of drug-likeness (QED) is 0.369. The summed E-state index contributed by atoms with van der Waals surface area (Å²) in [6.45, 7) is 4.24. The van der Waals surface area contributed by atoms with E-state index in [1.54, 1.807) is 0 Å². The fourth-order valence-corrected chi connectivity index (χ4v) is 3.09. The van der Waals surface area contributed by atoms with Gasteiger partial charge < -0.3 is 4.74 Å². The summed E-state index contributed by atoms with van der Waals surface area (Å²) in [5.41, 5.74) is 0. The van der Waals surface area contributed by atoms with Crippen LogP contribution < -0.4 is 0 Å². The molecule has 4 nitrogen and oxygen atoms in total. The summed E-state index contributed by atoms with van der Waals surface area (Å²) in [5.74, 6) is 0.0752. The van der Waals surface area contributed by atoms with E-state index in [9.17, 15) is 13.2 Å². The fourth-order valence-electron chi connectivity index (χ4n) is 1.52. The smallest absolute Gasteiger partial charge is 0.308 e. The second-order valence-electron chi connectivity index (χ2n) is 3.97. The van der Waals surface area contributed by atoms with E-state index in [0.717, 1.165) is 42.7 Å². The molecule has 6 heteroatoms. The maximum Gasteiger partial charge on any atom is 0.308 e. The molecular weight excluding hydrogens is 260 g/mol. The minimum Gasteiger partial charge on any atom is -0.465 e. The van der Waals surface area contributed by atoms with Crippen molar-refractivity contribution in [1.29, 1.82) is 0 Å². The van der Waals surface area contributed by atoms with E-state index in [2.05, 4.69) is 0 Å². The molecule has 0 aliphatic heterocycles. The summed E-state index contributed by atoms with van der Waals surface area (Å²) in [7, 11) is -2.23. The van der Waals surface area contributed by atoms with E-state index >= 15 is 0 Å². The van der Waals surface area contributed by atoms with Crippen LogP contribution in [0.1, 0.15) is 39.5 Å². The Hall–Kier alpha value is -0.230. The van der Waals surface area contributed by atoms with Gasteiger partial charge in [0.05, 0.1) is 5.92 Å². The number of carbonyl (C=O) groups excluding carboxylic acids is 1. The molecule has 0 unspecified atom stereocenters. The first-order valence-electron chi connectivity index (χ1n) is 5.91. The second kappa shape index (κ2) is 8.80. The van der Waals surface area contributed by atoms with Crippen molar-refractivity contribution in [3.8, 4) is 0 Å². The van der Waals surface area contributed by atoms with Gasteiger partial charge >= 0.3 is 5.97 Å². The first kappa shape index (κ1) is 16.8. The Balaban J connectivity index is 3.89. The van der Waals surface area contributed by atoms with Crippen LogP contribution in [-0.4, -0.2) is 33.0 Å². The van der Waals surface area contributed by atoms with Crippen molar-refractivity contribution < 1.29 is 17.9 Å². The molecule has 0 N–H and O–H groups in total. The number of hydrogen-bond donors (Lipinski definition) is 0. The highest BCUT2D eigenvalue weighted by atomic mass is 33.1. The average molecular weight is 282 g/mol. The van der Waals surface area contributed by atoms with Gasteiger partial charge in [-0.15, -0.1) is 0 Å². The normalized spacial score (nSPS) is 11.8. The molecule has 0 bridgehead atoms. The molecule has 102 valence electrons. The van der Waals surface area contributed by atoms with Crippen molar-refractivity contribution >= 4 is 25.6 Å². The molecule has 0 rings (SSSR count). The zero-order valence-corrected chi connectivity index (χ0v) is 12.4. The molecule has 0 radical (unpaired) electrons. The molecule has 0 fully saturated rings. The average Bonchev–Trinajstić information content (AvgIpc) is 2.22. The van der Waals surface area contributed by atoms with Crippen LogP contribution in [0, 0.1) is 5.92 Å². The molecule has 0 aromatic rings. The van der Waals surface area contributed by atoms with Gasteiger partial charge in [0.1, 0.15) is 6.61 Å². The van der Waals surface area contributed by atoms with Gasteiger partial charge in [-0.1, -0.05) is 26.7 Å². The van der Waals surface area contributed by atoms with Gasteiger partial charge in [0.2, 0.25) is 0 Å². The maximum atomic E-state index is 11.7. The zero-order chi connectivity index (χ0) is 13.3. The molecule has 0 aliphatic rings. The molecule has 17 heavy (non-hydrogen) atoms. The molecule has 0 heterocycles. The Morgan fingerprint density at radius 1 is 1.24 bits per heavy atom. The minimum atomic E-state index is -3.04. The lowest BCUT2D eigenvalue weighted by atomic mass is 9.99. The lowest BCUT2D eigenvalue weighted by Gasteiger charge is -2.13. The standard InChI is InChI=1S/C11H22O4S2/c1-4-6-10(7-5-2)11(12)15-8-9-16-17(3,13)14/h10H,4-9H2,1-3H3. The van der Waals surface area contributed by atoms with Gasteiger partial charge in [-0.05, 0) is 23.6 Å². The Morgan fingerprint density at radius 3 is 2.18 bits per heavy atom. The van der Waals surface area contributed by atoms with E-state index in [1.807, 2.05) is 13.8 Å². The van der Waals surface area contributed by atoms with Gasteiger partial charge in [0.15, 0.2) is 8.87 Å². The van der Waals surface area contributed by atoms with Gasteiger partial charge in [0.25, 0.3) is 0 Å². The molecule has 0 aliphatic carbocycles. The number of carbonyl (C=O) groups is 1. The zero-order valence-electron chi connectivity index (χ0n) is 10.8. The highest BCUT2D eigenvalue weighted by Crippen LogP contribution is 2.16. The molecule has 0 aromatic heterocycles. The molecule has 0 saturated heterocycles. The Morgan fingerprint density at radius 2 is 1.76 bits per heavy atom. The second-order valence-corrected chi connectivity index (χ2v) is 8.54. The molecule has 0 saturated carbocycles. The van der Waals surface area contributed by atoms with Crippen LogP contribution >= 0.6 is 10.8 Å². The monoisotopic (exact) mass is 282 g/mol. The van der Waals surface area contributed by atoms with Gasteiger partial charge in [0, 0.05) is 12.0 Å². The maximum absolute atomic E-state index is 11.7. The van der Waals surface area contributed by atoms with Crippen molar-refractivity contribution in [3.05, 3.63) is 0 Å². The first-order chi connectivity index (χ1) is 7.90. The van der Waals surface area contributed by atoms with Crippen LogP contribution in [0.4, 0.5) is 0 Å². The van der Waals surface area contributed by atoms with Crippen LogP contribution in [0.15, 0.2) is 0 Å². The van der Waals surface area contributed by atoms with Gasteiger partial charge in [-0.3, -0.25) is 4.79 Å². The highest BCUT2D eigenvalue weighted by Gasteiger charge is 2.18. The number of esters is 1. The van der Waals surface area contributed by atoms with E-state index < -0.39 is 8.87 Å². The summed E-state index contributed by atoms with van der Waals surface area (Å²) in [5, 5.41) is 0. The van der Waals surface area contributed by atoms with Gasteiger partial charge in [-0.2, -0.15) is 0 Å². The SMILES string of the molecule is CCCC(CCC)C(=O)OCCSS(C)(=O)=O. The van der Waals surface area contributed by atoms with Crippen LogP contribution in [-0.2, 0) is 18.4 Å². The Bertz CT molecular complexity index is 305. The Labute approximate surface area is 108 Å². The molecular formula is C11H22O4S2. The van der Waals surface area contributed by atoms with Crippen molar-refractivity contribution in [2.75, 3.05) is 18.6 Å². The predicted molar refractivity (Wildman–Crippen MR) is 71.6 cm³/mol. The summed E-state index contributed by atoms with van der Waals surface area (Å²) < 4.78 is 26.8. The van der Waals surface area contributed by atoms with Crippen LogP contribution in [0.3, 0.4) is 0 Å². The van der Waals surface area contributed by atoms with E-state index in [4.69, 9.17) is 4.74 Å². The lowest BCUT2D eigenvalue weighted by molar-refractivity contribution is -0.148. The third-order valence-electron chi connectivity index (χ3n) is 2.23. The highest BCUT2D eigenvalue weighted by molar-refractivity contribution is 8.71. The first-order valence-corrected chi connectivity index (χ1v) is 9.31. The third-order valence-corrected chi connectivity index (χ3v) is 4.78. The molecule has 0 atom stereocenters. The van der Waals surface area contributed by atoms with E-state index in [1.165, 1.54) is 0 Å². The minimum absolute atomic E-state index is 0.0340. The number of ether oxygens (including phenoxy) is 1. The van der Waals surface area contributed by atoms with Crippen molar-refractivity contribution in [1.82, 2.24) is 0 Å². The van der Waals surface area contributed by atoms with Crippen LogP contribution in [0.5, 0.6) is 0 Å². The largest absolute Gasteiger partial charge is 0.465 e. The topological polar surface area (TPSA) is 60.4 Å². The van der Waals surface area contributed by atoms with E-state index in [-0.39, 0.29) is 18.5 Å². The summed E-state index contributed by atoms with van der Waals surface area (Å²) in [4.78, 5) is 11.7. The van der Waals surface area contributed by atoms with E-state index in [0.29, 0.717) is 5.75 Å². The van der Waals surface area contributed by atoms with Crippen molar-refractivity contribution in [2.45, 2.75) is 39.5 Å². The van der Waals surface area contributed by atoms with Crippen molar-refractivity contribution in [2.24, 2.45) is 5.92 Å². The van der Waals surface area contributed by atoms with Crippen molar-refractivity contribution in [3.63, 3.8) is 0 Å². The molecule has 0 aromatic carbocycles. The molecule has 0 amide bonds. The van der Waals surface area contributed by atoms with Gasteiger partial charge in [-0.25, -0.2) is 8.42 Å². The fraction of sp³-hybridized carbons (Fsp3) is 0.909. The lowest BCUT2D eigenvalue weighted by Crippen LogP contribution is -2.19. The predicted octanol–water partition coefficient (Wildman–Crippen LogP) is 2.44. The summed E-state index contributed by atoms with van der Waals surface area (Å²) in [6, 6.07) is 0. The summed E-state index contributed by atoms with van der Waals surface area (Å²) >= 11 is 0. The van der Waals surface area contributed by atoms with Crippen LogP contribution in [0.2, 0.25) is 0 Å². The molecule has 0 spiro atoms. The number of rotatable bonds is 9. The van der Waals surface area contributed by atoms with Crippen LogP contribution in [0.25, 0.3) is 0 Å². The third kappa shape index (κ3) is 9.47. The Kier molecular flexibility index (Phi) is 8.68. The number of hydrogen-bond acceptors (Lipinski definition) is 5.